The highest BCUT2D eigenvalue weighted by Crippen LogP contribution is 2.31. The van der Waals surface area contributed by atoms with E-state index in [1.807, 2.05) is 0 Å². The molecule has 3 nitrogen and oxygen atoms in total. The molecule has 54 valence electrons. The molecule has 10 heavy (non-hydrogen) atoms. The first-order valence-electron chi connectivity index (χ1n) is 2.67. The third kappa shape index (κ3) is 2.15. The Bertz CT molecular complexity index is 180. The topological polar surface area (TPSA) is 41.8 Å². The first-order chi connectivity index (χ1) is 4.83. The average Bonchev–Trinajstić information content (AvgIpc) is 2.31. The Morgan fingerprint density at radius 1 is 1.90 bits per heavy atom. The normalized spacial score (nSPS) is 23.6. The molecular weight excluding hydrogens is 168 g/mol. The molecule has 0 spiro atoms. The summed E-state index contributed by atoms with van der Waals surface area (Å²) in [7, 11) is 0. The molecule has 0 saturated heterocycles. The summed E-state index contributed by atoms with van der Waals surface area (Å²) in [4.78, 5) is 10.5. The van der Waals surface area contributed by atoms with E-state index >= 15 is 0 Å². The fourth-order valence-corrected chi connectivity index (χ4v) is 1.98. The standard InChI is InChI=1S/C5H6N2OS2/c1-2-3-9-5-7-6-4(8)10-5/h2,5H,1,3H2. The minimum Gasteiger partial charge on any atom is -0.258 e. The van der Waals surface area contributed by atoms with Crippen LogP contribution in [-0.4, -0.2) is 15.7 Å². The van der Waals surface area contributed by atoms with Crippen molar-refractivity contribution in [1.29, 1.82) is 0 Å². The van der Waals surface area contributed by atoms with E-state index in [1.54, 1.807) is 17.8 Å². The highest BCUT2D eigenvalue weighted by molar-refractivity contribution is 8.25. The molecular formula is C5H6N2OS2. The highest BCUT2D eigenvalue weighted by Gasteiger charge is 2.19. The number of amides is 1. The first kappa shape index (κ1) is 7.81. The van der Waals surface area contributed by atoms with E-state index < -0.39 is 0 Å². The lowest BCUT2D eigenvalue weighted by molar-refractivity contribution is 0.267. The van der Waals surface area contributed by atoms with Gasteiger partial charge in [-0.15, -0.1) is 23.5 Å². The van der Waals surface area contributed by atoms with Crippen LogP contribution < -0.4 is 0 Å². The fourth-order valence-electron chi connectivity index (χ4n) is 0.445. The Labute approximate surface area is 67.4 Å². The van der Waals surface area contributed by atoms with Crippen molar-refractivity contribution in [1.82, 2.24) is 0 Å². The number of carbonyl (C=O) groups excluding carboxylic acids is 1. The van der Waals surface area contributed by atoms with Gasteiger partial charge in [-0.3, -0.25) is 4.79 Å². The lowest BCUT2D eigenvalue weighted by Crippen LogP contribution is -1.87. The maximum atomic E-state index is 10.5. The average molecular weight is 174 g/mol. The molecule has 0 saturated carbocycles. The molecule has 0 N–H and O–H groups in total. The molecule has 1 amide bonds. The van der Waals surface area contributed by atoms with E-state index in [0.29, 0.717) is 0 Å². The lowest BCUT2D eigenvalue weighted by atomic mass is 10.8. The Morgan fingerprint density at radius 2 is 2.70 bits per heavy atom. The largest absolute Gasteiger partial charge is 0.325 e. The number of rotatable bonds is 3. The van der Waals surface area contributed by atoms with Crippen LogP contribution in [0.4, 0.5) is 4.79 Å². The number of azo groups is 1. The SMILES string of the molecule is C=CCSC1N=NC(=O)S1. The van der Waals surface area contributed by atoms with Crippen molar-refractivity contribution in [2.24, 2.45) is 10.2 Å². The Balaban J connectivity index is 2.26. The zero-order valence-corrected chi connectivity index (χ0v) is 6.82. The summed E-state index contributed by atoms with van der Waals surface area (Å²) < 4.78 is -0.0366. The molecule has 0 fully saturated rings. The van der Waals surface area contributed by atoms with Crippen molar-refractivity contribution in [2.75, 3.05) is 5.75 Å². The Hall–Kier alpha value is -0.290. The van der Waals surface area contributed by atoms with Crippen LogP contribution in [0.25, 0.3) is 0 Å². The van der Waals surface area contributed by atoms with Gasteiger partial charge in [0, 0.05) is 5.75 Å². The summed E-state index contributed by atoms with van der Waals surface area (Å²) >= 11 is 2.70. The predicted molar refractivity (Wildman–Crippen MR) is 44.3 cm³/mol. The van der Waals surface area contributed by atoms with E-state index in [1.165, 1.54) is 0 Å². The second-order valence-corrected chi connectivity index (χ2v) is 3.97. The summed E-state index contributed by atoms with van der Waals surface area (Å²) in [6, 6.07) is 0. The number of hydrogen-bond donors (Lipinski definition) is 0. The van der Waals surface area contributed by atoms with Crippen molar-refractivity contribution in [3.05, 3.63) is 12.7 Å². The molecule has 0 radical (unpaired) electrons. The minimum absolute atomic E-state index is 0.0366. The summed E-state index contributed by atoms with van der Waals surface area (Å²) in [5.74, 6) is 0.809. The minimum atomic E-state index is -0.193. The Kier molecular flexibility index (Phi) is 2.95. The number of carbonyl (C=O) groups is 1. The molecule has 1 aliphatic heterocycles. The molecule has 1 aliphatic rings. The first-order valence-corrected chi connectivity index (χ1v) is 4.60. The zero-order chi connectivity index (χ0) is 7.40. The fraction of sp³-hybridized carbons (Fsp3) is 0.400. The van der Waals surface area contributed by atoms with Crippen LogP contribution in [0.2, 0.25) is 0 Å². The van der Waals surface area contributed by atoms with Gasteiger partial charge in [-0.05, 0) is 11.8 Å². The van der Waals surface area contributed by atoms with E-state index in [0.717, 1.165) is 17.5 Å². The second kappa shape index (κ2) is 3.78. The molecule has 0 bridgehead atoms. The third-order valence-electron chi connectivity index (χ3n) is 0.792. The van der Waals surface area contributed by atoms with Gasteiger partial charge in [-0.25, -0.2) is 0 Å². The molecule has 1 atom stereocenters. The second-order valence-electron chi connectivity index (χ2n) is 1.53. The van der Waals surface area contributed by atoms with Crippen LogP contribution in [-0.2, 0) is 0 Å². The van der Waals surface area contributed by atoms with E-state index in [4.69, 9.17) is 0 Å². The maximum absolute atomic E-state index is 10.5. The molecule has 1 heterocycles. The number of thioether (sulfide) groups is 2. The molecule has 1 rings (SSSR count). The van der Waals surface area contributed by atoms with Gasteiger partial charge in [0.25, 0.3) is 0 Å². The van der Waals surface area contributed by atoms with Crippen molar-refractivity contribution < 1.29 is 4.79 Å². The molecule has 0 aromatic rings. The van der Waals surface area contributed by atoms with E-state index in [-0.39, 0.29) is 9.95 Å². The molecule has 5 heteroatoms. The van der Waals surface area contributed by atoms with Gasteiger partial charge in [-0.2, -0.15) is 5.11 Å². The van der Waals surface area contributed by atoms with Crippen LogP contribution in [0, 0.1) is 0 Å². The third-order valence-corrected chi connectivity index (χ3v) is 2.88. The summed E-state index contributed by atoms with van der Waals surface area (Å²) in [6.07, 6.45) is 1.78. The van der Waals surface area contributed by atoms with Crippen LogP contribution >= 0.6 is 23.5 Å². The molecule has 0 aromatic heterocycles. The molecule has 1 unspecified atom stereocenters. The van der Waals surface area contributed by atoms with Crippen LogP contribution in [0.3, 0.4) is 0 Å². The van der Waals surface area contributed by atoms with E-state index in [9.17, 15) is 4.79 Å². The monoisotopic (exact) mass is 174 g/mol. The van der Waals surface area contributed by atoms with Crippen molar-refractivity contribution in [3.63, 3.8) is 0 Å². The van der Waals surface area contributed by atoms with Crippen molar-refractivity contribution >= 4 is 28.8 Å². The van der Waals surface area contributed by atoms with Gasteiger partial charge in [0.2, 0.25) is 0 Å². The maximum Gasteiger partial charge on any atom is 0.325 e. The summed E-state index contributed by atoms with van der Waals surface area (Å²) in [5, 5.41) is 6.88. The van der Waals surface area contributed by atoms with Crippen LogP contribution in [0.5, 0.6) is 0 Å². The quantitative estimate of drug-likeness (QED) is 0.617. The van der Waals surface area contributed by atoms with Gasteiger partial charge in [0.15, 0.2) is 4.71 Å². The number of hydrogen-bond acceptors (Lipinski definition) is 4. The van der Waals surface area contributed by atoms with Crippen LogP contribution in [0.1, 0.15) is 0 Å². The zero-order valence-electron chi connectivity index (χ0n) is 5.19. The lowest BCUT2D eigenvalue weighted by Gasteiger charge is -1.97. The van der Waals surface area contributed by atoms with Crippen molar-refractivity contribution in [3.8, 4) is 0 Å². The predicted octanol–water partition coefficient (Wildman–Crippen LogP) is 2.51. The van der Waals surface area contributed by atoms with Gasteiger partial charge >= 0.3 is 5.24 Å². The van der Waals surface area contributed by atoms with Gasteiger partial charge in [0.05, 0.1) is 0 Å². The van der Waals surface area contributed by atoms with Gasteiger partial charge in [-0.1, -0.05) is 6.08 Å². The van der Waals surface area contributed by atoms with Crippen molar-refractivity contribution in [2.45, 2.75) is 4.71 Å². The van der Waals surface area contributed by atoms with Gasteiger partial charge in [0.1, 0.15) is 0 Å². The molecule has 0 aliphatic carbocycles. The smallest absolute Gasteiger partial charge is 0.258 e. The van der Waals surface area contributed by atoms with Gasteiger partial charge < -0.3 is 0 Å². The summed E-state index contributed by atoms with van der Waals surface area (Å²) in [6.45, 7) is 3.55. The number of nitrogens with zero attached hydrogens (tertiary/aromatic N) is 2. The van der Waals surface area contributed by atoms with Crippen LogP contribution in [0.15, 0.2) is 22.9 Å². The van der Waals surface area contributed by atoms with E-state index in [2.05, 4.69) is 16.8 Å². The Morgan fingerprint density at radius 3 is 3.20 bits per heavy atom. The highest BCUT2D eigenvalue weighted by atomic mass is 32.2. The molecule has 0 aromatic carbocycles. The summed E-state index contributed by atoms with van der Waals surface area (Å²) in [5.41, 5.74) is 0.